The fraction of sp³-hybridized carbons (Fsp3) is 0.438. The zero-order valence-electron chi connectivity index (χ0n) is 12.8. The van der Waals surface area contributed by atoms with Gasteiger partial charge >= 0.3 is 0 Å². The first-order valence-corrected chi connectivity index (χ1v) is 7.30. The van der Waals surface area contributed by atoms with Crippen LogP contribution in [-0.4, -0.2) is 16.1 Å². The summed E-state index contributed by atoms with van der Waals surface area (Å²) in [5.41, 5.74) is 1.84. The molecule has 5 heteroatoms. The lowest BCUT2D eigenvalue weighted by Gasteiger charge is -2.18. The second-order valence-electron chi connectivity index (χ2n) is 4.92. The van der Waals surface area contributed by atoms with Crippen molar-refractivity contribution in [2.24, 2.45) is 0 Å². The third-order valence-corrected chi connectivity index (χ3v) is 3.46. The standard InChI is InChI=1S/C16H22FN3O/c1-4-19-12(3)15-8-13(17)6-7-16(15)21-10-14-9-18-11-20(14)5-2/h6-9,11-12,19H,4-5,10H2,1-3H3. The quantitative estimate of drug-likeness (QED) is 0.851. The van der Waals surface area contributed by atoms with Crippen LogP contribution in [-0.2, 0) is 13.2 Å². The summed E-state index contributed by atoms with van der Waals surface area (Å²) in [5.74, 6) is 0.453. The highest BCUT2D eigenvalue weighted by Crippen LogP contribution is 2.26. The molecule has 114 valence electrons. The zero-order valence-corrected chi connectivity index (χ0v) is 12.8. The molecule has 1 atom stereocenters. The minimum Gasteiger partial charge on any atom is -0.487 e. The minimum atomic E-state index is -0.249. The number of nitrogens with one attached hydrogen (secondary N) is 1. The van der Waals surface area contributed by atoms with Crippen molar-refractivity contribution in [3.63, 3.8) is 0 Å². The van der Waals surface area contributed by atoms with Gasteiger partial charge in [-0.3, -0.25) is 0 Å². The number of aryl methyl sites for hydroxylation is 1. The Hall–Kier alpha value is -1.88. The summed E-state index contributed by atoms with van der Waals surface area (Å²) >= 11 is 0. The fourth-order valence-electron chi connectivity index (χ4n) is 2.31. The molecule has 0 bridgehead atoms. The fourth-order valence-corrected chi connectivity index (χ4v) is 2.31. The van der Waals surface area contributed by atoms with Crippen molar-refractivity contribution < 1.29 is 9.13 Å². The lowest BCUT2D eigenvalue weighted by Crippen LogP contribution is -2.19. The van der Waals surface area contributed by atoms with E-state index in [1.807, 2.05) is 18.4 Å². The molecule has 1 aromatic carbocycles. The Bertz CT molecular complexity index is 583. The Balaban J connectivity index is 2.15. The molecule has 0 fully saturated rings. The first-order chi connectivity index (χ1) is 10.2. The Morgan fingerprint density at radius 1 is 1.38 bits per heavy atom. The third-order valence-electron chi connectivity index (χ3n) is 3.46. The highest BCUT2D eigenvalue weighted by atomic mass is 19.1. The number of ether oxygens (including phenoxy) is 1. The van der Waals surface area contributed by atoms with Crippen molar-refractivity contribution in [1.29, 1.82) is 0 Å². The van der Waals surface area contributed by atoms with Crippen molar-refractivity contribution in [2.75, 3.05) is 6.54 Å². The summed E-state index contributed by atoms with van der Waals surface area (Å²) in [4.78, 5) is 4.12. The van der Waals surface area contributed by atoms with Gasteiger partial charge in [-0.1, -0.05) is 6.92 Å². The molecule has 1 heterocycles. The summed E-state index contributed by atoms with van der Waals surface area (Å²) in [7, 11) is 0. The predicted octanol–water partition coefficient (Wildman–Crippen LogP) is 3.29. The first-order valence-electron chi connectivity index (χ1n) is 7.30. The number of hydrogen-bond acceptors (Lipinski definition) is 3. The van der Waals surface area contributed by atoms with Gasteiger partial charge in [0.05, 0.1) is 18.2 Å². The van der Waals surface area contributed by atoms with E-state index in [1.54, 1.807) is 18.6 Å². The number of halogens is 1. The highest BCUT2D eigenvalue weighted by molar-refractivity contribution is 5.36. The van der Waals surface area contributed by atoms with E-state index in [0.29, 0.717) is 12.4 Å². The normalized spacial score (nSPS) is 12.4. The molecule has 1 unspecified atom stereocenters. The molecule has 21 heavy (non-hydrogen) atoms. The van der Waals surface area contributed by atoms with Gasteiger partial charge < -0.3 is 14.6 Å². The second kappa shape index (κ2) is 7.22. The van der Waals surface area contributed by atoms with Gasteiger partial charge in [0.1, 0.15) is 18.2 Å². The van der Waals surface area contributed by atoms with Gasteiger partial charge in [-0.15, -0.1) is 0 Å². The first kappa shape index (κ1) is 15.5. The van der Waals surface area contributed by atoms with Gasteiger partial charge in [-0.05, 0) is 38.6 Å². The van der Waals surface area contributed by atoms with Crippen LogP contribution >= 0.6 is 0 Å². The largest absolute Gasteiger partial charge is 0.487 e. The topological polar surface area (TPSA) is 39.1 Å². The summed E-state index contributed by atoms with van der Waals surface area (Å²) in [5, 5.41) is 3.28. The molecule has 0 spiro atoms. The van der Waals surface area contributed by atoms with Gasteiger partial charge in [0, 0.05) is 18.2 Å². The second-order valence-corrected chi connectivity index (χ2v) is 4.92. The average Bonchev–Trinajstić information content (AvgIpc) is 2.93. The van der Waals surface area contributed by atoms with Crippen molar-refractivity contribution in [3.05, 3.63) is 47.8 Å². The van der Waals surface area contributed by atoms with Crippen LogP contribution in [0.3, 0.4) is 0 Å². The lowest BCUT2D eigenvalue weighted by molar-refractivity contribution is 0.289. The van der Waals surface area contributed by atoms with Crippen LogP contribution in [0.15, 0.2) is 30.7 Å². The van der Waals surface area contributed by atoms with Crippen LogP contribution in [0.5, 0.6) is 5.75 Å². The van der Waals surface area contributed by atoms with Gasteiger partial charge in [0.15, 0.2) is 0 Å². The molecule has 1 aromatic heterocycles. The van der Waals surface area contributed by atoms with E-state index >= 15 is 0 Å². The SMILES string of the molecule is CCNC(C)c1cc(F)ccc1OCc1cncn1CC. The maximum Gasteiger partial charge on any atom is 0.130 e. The molecule has 0 amide bonds. The molecule has 0 radical (unpaired) electrons. The van der Waals surface area contributed by atoms with Crippen LogP contribution < -0.4 is 10.1 Å². The van der Waals surface area contributed by atoms with Crippen LogP contribution in [0.25, 0.3) is 0 Å². The Kier molecular flexibility index (Phi) is 5.33. The van der Waals surface area contributed by atoms with Crippen LogP contribution in [0.4, 0.5) is 4.39 Å². The van der Waals surface area contributed by atoms with Crippen molar-refractivity contribution in [3.8, 4) is 5.75 Å². The van der Waals surface area contributed by atoms with Gasteiger partial charge in [0.25, 0.3) is 0 Å². The molecule has 0 aliphatic carbocycles. The van der Waals surface area contributed by atoms with E-state index in [2.05, 4.69) is 17.2 Å². The molecule has 2 aromatic rings. The lowest BCUT2D eigenvalue weighted by atomic mass is 10.1. The number of hydrogen-bond donors (Lipinski definition) is 1. The molecule has 1 N–H and O–H groups in total. The molecular formula is C16H22FN3O. The third kappa shape index (κ3) is 3.82. The number of benzene rings is 1. The highest BCUT2D eigenvalue weighted by Gasteiger charge is 2.13. The predicted molar refractivity (Wildman–Crippen MR) is 80.7 cm³/mol. The van der Waals surface area contributed by atoms with E-state index in [-0.39, 0.29) is 11.9 Å². The van der Waals surface area contributed by atoms with Gasteiger partial charge in [-0.25, -0.2) is 9.37 Å². The van der Waals surface area contributed by atoms with Crippen LogP contribution in [0.2, 0.25) is 0 Å². The van der Waals surface area contributed by atoms with Crippen LogP contribution in [0, 0.1) is 5.82 Å². The van der Waals surface area contributed by atoms with Crippen molar-refractivity contribution in [1.82, 2.24) is 14.9 Å². The van der Waals surface area contributed by atoms with Crippen molar-refractivity contribution >= 4 is 0 Å². The Morgan fingerprint density at radius 3 is 2.90 bits per heavy atom. The molecule has 2 rings (SSSR count). The van der Waals surface area contributed by atoms with E-state index in [1.165, 1.54) is 12.1 Å². The molecule has 0 saturated carbocycles. The zero-order chi connectivity index (χ0) is 15.2. The minimum absolute atomic E-state index is 0.0387. The maximum atomic E-state index is 13.5. The number of imidazole rings is 1. The van der Waals surface area contributed by atoms with E-state index in [4.69, 9.17) is 4.74 Å². The monoisotopic (exact) mass is 291 g/mol. The van der Waals surface area contributed by atoms with Crippen LogP contribution in [0.1, 0.15) is 38.1 Å². The van der Waals surface area contributed by atoms with Crippen molar-refractivity contribution in [2.45, 2.75) is 40.0 Å². The number of aromatic nitrogens is 2. The molecule has 0 aliphatic heterocycles. The average molecular weight is 291 g/mol. The smallest absolute Gasteiger partial charge is 0.130 e. The summed E-state index contributed by atoms with van der Waals surface area (Å²) in [6.07, 6.45) is 3.58. The summed E-state index contributed by atoms with van der Waals surface area (Å²) in [6.45, 7) is 8.17. The van der Waals surface area contributed by atoms with Gasteiger partial charge in [-0.2, -0.15) is 0 Å². The molecular weight excluding hydrogens is 269 g/mol. The number of rotatable bonds is 7. The summed E-state index contributed by atoms with van der Waals surface area (Å²) in [6, 6.07) is 4.68. The van der Waals surface area contributed by atoms with E-state index < -0.39 is 0 Å². The van der Waals surface area contributed by atoms with E-state index in [0.717, 1.165) is 24.3 Å². The van der Waals surface area contributed by atoms with Gasteiger partial charge in [0.2, 0.25) is 0 Å². The van der Waals surface area contributed by atoms with E-state index in [9.17, 15) is 4.39 Å². The molecule has 0 aliphatic rings. The maximum absolute atomic E-state index is 13.5. The summed E-state index contributed by atoms with van der Waals surface area (Å²) < 4.78 is 21.4. The Morgan fingerprint density at radius 2 is 2.19 bits per heavy atom. The molecule has 4 nitrogen and oxygen atoms in total. The molecule has 0 saturated heterocycles. The number of nitrogens with zero attached hydrogens (tertiary/aromatic N) is 2. The Labute approximate surface area is 125 Å².